The molecule has 6 nitrogen and oxygen atoms in total. The topological polar surface area (TPSA) is 98.7 Å². The Morgan fingerprint density at radius 2 is 1.85 bits per heavy atom. The molecule has 1 aromatic rings. The quantitative estimate of drug-likeness (QED) is 0.681. The predicted octanol–water partition coefficient (Wildman–Crippen LogP) is 2.09. The van der Waals surface area contributed by atoms with Gasteiger partial charge in [0, 0.05) is 0 Å². The first kappa shape index (κ1) is 16.5. The fourth-order valence-corrected chi connectivity index (χ4v) is 1.70. The first-order valence-electron chi connectivity index (χ1n) is 5.28. The van der Waals surface area contributed by atoms with Crippen molar-refractivity contribution in [3.8, 4) is 0 Å². The number of nitrogens with one attached hydrogen (secondary N) is 2. The van der Waals surface area contributed by atoms with Crippen LogP contribution in [0.25, 0.3) is 0 Å². The molecule has 1 aromatic carbocycles. The van der Waals surface area contributed by atoms with E-state index in [-0.39, 0.29) is 15.7 Å². The second-order valence-corrected chi connectivity index (χ2v) is 4.95. The van der Waals surface area contributed by atoms with E-state index in [2.05, 4.69) is 10.6 Å². The molecule has 0 saturated carbocycles. The monoisotopic (exact) mass is 324 g/mol. The summed E-state index contributed by atoms with van der Waals surface area (Å²) in [5, 5.41) is 22.2. The highest BCUT2D eigenvalue weighted by molar-refractivity contribution is 6.39. The van der Waals surface area contributed by atoms with Crippen molar-refractivity contribution in [3.05, 3.63) is 28.0 Å². The average Bonchev–Trinajstić information content (AvgIpc) is 2.31. The number of hydrogen-bond acceptors (Lipinski definition) is 3. The van der Waals surface area contributed by atoms with Gasteiger partial charge in [0.1, 0.15) is 5.82 Å². The van der Waals surface area contributed by atoms with Crippen LogP contribution in [0, 0.1) is 5.82 Å². The molecule has 1 rings (SSSR count). The van der Waals surface area contributed by atoms with Crippen molar-refractivity contribution in [2.24, 2.45) is 0 Å². The highest BCUT2D eigenvalue weighted by Crippen LogP contribution is 2.31. The van der Waals surface area contributed by atoms with Gasteiger partial charge in [-0.25, -0.2) is 14.0 Å². The number of carbonyl (C=O) groups is 2. The third kappa shape index (κ3) is 4.22. The fraction of sp³-hybridized carbons (Fsp3) is 0.273. The molecule has 20 heavy (non-hydrogen) atoms. The molecule has 0 radical (unpaired) electrons. The molecule has 2 amide bonds. The van der Waals surface area contributed by atoms with Gasteiger partial charge in [-0.3, -0.25) is 0 Å². The zero-order chi connectivity index (χ0) is 15.5. The second kappa shape index (κ2) is 6.25. The standard InChI is InChI=1S/C11H11Cl2FN2O4/c1-11(20,9(17)18)4-15-10(19)16-8-6(12)2-5(14)3-7(8)13/h2-3,20H,4H2,1H3,(H,17,18)(H2,15,16,19). The predicted molar refractivity (Wildman–Crippen MR) is 71.7 cm³/mol. The van der Waals surface area contributed by atoms with Gasteiger partial charge in [-0.05, 0) is 19.1 Å². The van der Waals surface area contributed by atoms with Gasteiger partial charge < -0.3 is 20.8 Å². The van der Waals surface area contributed by atoms with E-state index in [1.54, 1.807) is 0 Å². The number of amides is 2. The molecule has 0 aromatic heterocycles. The lowest BCUT2D eigenvalue weighted by molar-refractivity contribution is -0.155. The van der Waals surface area contributed by atoms with Crippen LogP contribution in [-0.2, 0) is 4.79 Å². The van der Waals surface area contributed by atoms with E-state index in [0.717, 1.165) is 19.1 Å². The molecule has 4 N–H and O–H groups in total. The molecular weight excluding hydrogens is 314 g/mol. The van der Waals surface area contributed by atoms with Crippen LogP contribution in [0.15, 0.2) is 12.1 Å². The maximum atomic E-state index is 12.9. The van der Waals surface area contributed by atoms with Gasteiger partial charge in [0.2, 0.25) is 0 Å². The summed E-state index contributed by atoms with van der Waals surface area (Å²) >= 11 is 11.4. The van der Waals surface area contributed by atoms with Gasteiger partial charge in [-0.2, -0.15) is 0 Å². The summed E-state index contributed by atoms with van der Waals surface area (Å²) in [5.41, 5.74) is -2.14. The van der Waals surface area contributed by atoms with Crippen LogP contribution in [0.3, 0.4) is 0 Å². The summed E-state index contributed by atoms with van der Waals surface area (Å²) in [6, 6.07) is 1.06. The van der Waals surface area contributed by atoms with Crippen LogP contribution in [0.2, 0.25) is 10.0 Å². The summed E-state index contributed by atoms with van der Waals surface area (Å²) in [6.07, 6.45) is 0. The molecule has 0 bridgehead atoms. The van der Waals surface area contributed by atoms with Gasteiger partial charge in [0.05, 0.1) is 22.3 Å². The fourth-order valence-electron chi connectivity index (χ4n) is 1.15. The number of halogens is 3. The number of urea groups is 1. The van der Waals surface area contributed by atoms with E-state index in [1.807, 2.05) is 0 Å². The Morgan fingerprint density at radius 1 is 1.35 bits per heavy atom. The molecule has 0 aliphatic heterocycles. The zero-order valence-electron chi connectivity index (χ0n) is 10.2. The molecular formula is C11H11Cl2FN2O4. The van der Waals surface area contributed by atoms with Crippen LogP contribution < -0.4 is 10.6 Å². The van der Waals surface area contributed by atoms with E-state index in [4.69, 9.17) is 28.3 Å². The van der Waals surface area contributed by atoms with Crippen LogP contribution in [-0.4, -0.2) is 34.4 Å². The van der Waals surface area contributed by atoms with E-state index in [9.17, 15) is 19.1 Å². The highest BCUT2D eigenvalue weighted by Gasteiger charge is 2.30. The number of carboxylic acids is 1. The van der Waals surface area contributed by atoms with Gasteiger partial charge in [0.25, 0.3) is 0 Å². The summed E-state index contributed by atoms with van der Waals surface area (Å²) in [5.74, 6) is -2.16. The number of aliphatic carboxylic acids is 1. The lowest BCUT2D eigenvalue weighted by Crippen LogP contribution is -2.47. The molecule has 9 heteroatoms. The first-order valence-corrected chi connectivity index (χ1v) is 6.04. The molecule has 0 heterocycles. The van der Waals surface area contributed by atoms with Crippen LogP contribution in [0.4, 0.5) is 14.9 Å². The summed E-state index contributed by atoms with van der Waals surface area (Å²) in [6.45, 7) is 0.484. The van der Waals surface area contributed by atoms with Crippen molar-refractivity contribution in [3.63, 3.8) is 0 Å². The Morgan fingerprint density at radius 3 is 2.30 bits per heavy atom. The SMILES string of the molecule is CC(O)(CNC(=O)Nc1c(Cl)cc(F)cc1Cl)C(=O)O. The maximum absolute atomic E-state index is 12.9. The average molecular weight is 325 g/mol. The number of rotatable bonds is 4. The Kier molecular flexibility index (Phi) is 5.15. The number of hydrogen-bond donors (Lipinski definition) is 4. The maximum Gasteiger partial charge on any atom is 0.337 e. The van der Waals surface area contributed by atoms with Crippen molar-refractivity contribution >= 4 is 40.9 Å². The molecule has 110 valence electrons. The van der Waals surface area contributed by atoms with Gasteiger partial charge >= 0.3 is 12.0 Å². The summed E-state index contributed by atoms with van der Waals surface area (Å²) < 4.78 is 12.9. The van der Waals surface area contributed by atoms with Crippen molar-refractivity contribution < 1.29 is 24.2 Å². The number of carbonyl (C=O) groups excluding carboxylic acids is 1. The van der Waals surface area contributed by atoms with Crippen LogP contribution >= 0.6 is 23.2 Å². The molecule has 0 aliphatic carbocycles. The van der Waals surface area contributed by atoms with E-state index in [0.29, 0.717) is 0 Å². The lowest BCUT2D eigenvalue weighted by Gasteiger charge is -2.18. The Labute approximate surface area is 123 Å². The molecule has 1 atom stereocenters. The normalized spacial score (nSPS) is 13.4. The van der Waals surface area contributed by atoms with Crippen molar-refractivity contribution in [2.45, 2.75) is 12.5 Å². The second-order valence-electron chi connectivity index (χ2n) is 4.13. The lowest BCUT2D eigenvalue weighted by atomic mass is 10.1. The minimum Gasteiger partial charge on any atom is -0.479 e. The Hall–Kier alpha value is -1.57. The molecule has 0 saturated heterocycles. The number of aliphatic hydroxyl groups is 1. The van der Waals surface area contributed by atoms with Crippen LogP contribution in [0.5, 0.6) is 0 Å². The van der Waals surface area contributed by atoms with Crippen LogP contribution in [0.1, 0.15) is 6.92 Å². The van der Waals surface area contributed by atoms with Gasteiger partial charge in [-0.15, -0.1) is 0 Å². The highest BCUT2D eigenvalue weighted by atomic mass is 35.5. The van der Waals surface area contributed by atoms with Crippen molar-refractivity contribution in [1.82, 2.24) is 5.32 Å². The third-order valence-electron chi connectivity index (χ3n) is 2.30. The van der Waals surface area contributed by atoms with E-state index >= 15 is 0 Å². The molecule has 0 aliphatic rings. The summed E-state index contributed by atoms with van der Waals surface area (Å²) in [4.78, 5) is 22.2. The van der Waals surface area contributed by atoms with Crippen molar-refractivity contribution in [1.29, 1.82) is 0 Å². The zero-order valence-corrected chi connectivity index (χ0v) is 11.7. The first-order chi connectivity index (χ1) is 9.13. The Balaban J connectivity index is 2.71. The largest absolute Gasteiger partial charge is 0.479 e. The molecule has 0 spiro atoms. The molecule has 0 fully saturated rings. The smallest absolute Gasteiger partial charge is 0.337 e. The minimum absolute atomic E-state index is 0.0257. The van der Waals surface area contributed by atoms with Gasteiger partial charge in [0.15, 0.2) is 5.60 Å². The number of carboxylic acid groups (broad SMARTS) is 1. The van der Waals surface area contributed by atoms with E-state index < -0.39 is 30.0 Å². The Bertz CT molecular complexity index is 528. The third-order valence-corrected chi connectivity index (χ3v) is 2.90. The van der Waals surface area contributed by atoms with E-state index in [1.165, 1.54) is 0 Å². The van der Waals surface area contributed by atoms with Gasteiger partial charge in [-0.1, -0.05) is 23.2 Å². The minimum atomic E-state index is -2.12. The van der Waals surface area contributed by atoms with Crippen molar-refractivity contribution in [2.75, 3.05) is 11.9 Å². The number of anilines is 1. The summed E-state index contributed by atoms with van der Waals surface area (Å²) in [7, 11) is 0. The molecule has 1 unspecified atom stereocenters. The number of benzene rings is 1.